The zero-order chi connectivity index (χ0) is 13.5. The van der Waals surface area contributed by atoms with E-state index < -0.39 is 24.0 Å². The highest BCUT2D eigenvalue weighted by Gasteiger charge is 2.28. The average molecular weight is 256 g/mol. The van der Waals surface area contributed by atoms with E-state index in [0.29, 0.717) is 0 Å². The van der Waals surface area contributed by atoms with Gasteiger partial charge in [0.15, 0.2) is 5.92 Å². The van der Waals surface area contributed by atoms with Gasteiger partial charge in [-0.3, -0.25) is 9.59 Å². The molecule has 1 atom stereocenters. The number of aliphatic hydroxyl groups excluding tert-OH is 1. The predicted molar refractivity (Wildman–Crippen MR) is 64.7 cm³/mol. The molecule has 0 heterocycles. The minimum atomic E-state index is -0.943. The Hall–Kier alpha value is -1.36. The Bertz CT molecular complexity index is 318. The normalized spacial score (nSPS) is 22.0. The Labute approximate surface area is 107 Å². The molecule has 1 saturated carbocycles. The second kappa shape index (κ2) is 7.16. The lowest BCUT2D eigenvalue weighted by atomic mass is 9.90. The van der Waals surface area contributed by atoms with Gasteiger partial charge in [0.2, 0.25) is 0 Å². The van der Waals surface area contributed by atoms with E-state index in [1.165, 1.54) is 14.2 Å². The van der Waals surface area contributed by atoms with Gasteiger partial charge >= 0.3 is 11.9 Å². The monoisotopic (exact) mass is 256 g/mol. The van der Waals surface area contributed by atoms with Gasteiger partial charge < -0.3 is 14.6 Å². The molecular formula is C13H20O5. The fraction of sp³-hybridized carbons (Fsp3) is 0.692. The first-order chi connectivity index (χ1) is 8.60. The fourth-order valence-corrected chi connectivity index (χ4v) is 2.10. The van der Waals surface area contributed by atoms with Crippen LogP contribution >= 0.6 is 0 Å². The molecule has 0 aliphatic heterocycles. The molecule has 0 amide bonds. The number of methoxy groups -OCH3 is 2. The highest BCUT2D eigenvalue weighted by molar-refractivity contribution is 5.94. The van der Waals surface area contributed by atoms with Crippen molar-refractivity contribution in [1.82, 2.24) is 0 Å². The van der Waals surface area contributed by atoms with Crippen molar-refractivity contribution in [2.24, 2.45) is 5.92 Å². The molecule has 1 rings (SSSR count). The minimum Gasteiger partial charge on any atom is -0.468 e. The number of ether oxygens (including phenoxy) is 2. The molecular weight excluding hydrogens is 236 g/mol. The van der Waals surface area contributed by atoms with Crippen molar-refractivity contribution in [3.8, 4) is 0 Å². The SMILES string of the molecule is COC(=O)C(C/C=C1\CCCCC1O)C(=O)OC. The van der Waals surface area contributed by atoms with Crippen LogP contribution in [0.4, 0.5) is 0 Å². The largest absolute Gasteiger partial charge is 0.468 e. The summed E-state index contributed by atoms with van der Waals surface area (Å²) < 4.78 is 9.14. The quantitative estimate of drug-likeness (QED) is 0.465. The van der Waals surface area contributed by atoms with E-state index in [0.717, 1.165) is 31.3 Å². The van der Waals surface area contributed by atoms with Crippen LogP contribution in [0, 0.1) is 5.92 Å². The van der Waals surface area contributed by atoms with Crippen molar-refractivity contribution in [2.75, 3.05) is 14.2 Å². The highest BCUT2D eigenvalue weighted by Crippen LogP contribution is 2.25. The highest BCUT2D eigenvalue weighted by atomic mass is 16.5. The van der Waals surface area contributed by atoms with Gasteiger partial charge in [0.05, 0.1) is 20.3 Å². The lowest BCUT2D eigenvalue weighted by Gasteiger charge is -2.21. The van der Waals surface area contributed by atoms with Gasteiger partial charge in [-0.25, -0.2) is 0 Å². The summed E-state index contributed by atoms with van der Waals surface area (Å²) in [5, 5.41) is 9.77. The Morgan fingerprint density at radius 3 is 2.44 bits per heavy atom. The maximum Gasteiger partial charge on any atom is 0.320 e. The summed E-state index contributed by atoms with van der Waals surface area (Å²) in [6, 6.07) is 0. The molecule has 0 aromatic carbocycles. The summed E-state index contributed by atoms with van der Waals surface area (Å²) in [6.45, 7) is 0. The van der Waals surface area contributed by atoms with E-state index in [1.54, 1.807) is 6.08 Å². The van der Waals surface area contributed by atoms with E-state index in [-0.39, 0.29) is 6.42 Å². The zero-order valence-corrected chi connectivity index (χ0v) is 10.8. The first kappa shape index (κ1) is 14.7. The zero-order valence-electron chi connectivity index (χ0n) is 10.8. The lowest BCUT2D eigenvalue weighted by Crippen LogP contribution is -2.26. The lowest BCUT2D eigenvalue weighted by molar-refractivity contribution is -0.158. The van der Waals surface area contributed by atoms with Gasteiger partial charge in [-0.2, -0.15) is 0 Å². The third-order valence-corrected chi connectivity index (χ3v) is 3.21. The van der Waals surface area contributed by atoms with E-state index >= 15 is 0 Å². The molecule has 5 nitrogen and oxygen atoms in total. The molecule has 0 radical (unpaired) electrons. The summed E-state index contributed by atoms with van der Waals surface area (Å²) >= 11 is 0. The molecule has 0 saturated heterocycles. The van der Waals surface area contributed by atoms with Crippen LogP contribution in [0.5, 0.6) is 0 Å². The van der Waals surface area contributed by atoms with Crippen molar-refractivity contribution in [3.05, 3.63) is 11.6 Å². The molecule has 18 heavy (non-hydrogen) atoms. The van der Waals surface area contributed by atoms with Gasteiger partial charge in [-0.1, -0.05) is 12.5 Å². The van der Waals surface area contributed by atoms with Crippen LogP contribution in [-0.4, -0.2) is 37.4 Å². The second-order valence-corrected chi connectivity index (χ2v) is 4.38. The summed E-state index contributed by atoms with van der Waals surface area (Å²) in [7, 11) is 2.47. The summed E-state index contributed by atoms with van der Waals surface area (Å²) in [5.41, 5.74) is 0.902. The molecule has 0 aromatic rings. The Kier molecular flexibility index (Phi) is 5.85. The van der Waals surface area contributed by atoms with Crippen LogP contribution in [0.25, 0.3) is 0 Å². The number of esters is 2. The Balaban J connectivity index is 2.68. The smallest absolute Gasteiger partial charge is 0.320 e. The van der Waals surface area contributed by atoms with Crippen LogP contribution in [0.3, 0.4) is 0 Å². The average Bonchev–Trinajstić information content (AvgIpc) is 2.40. The third-order valence-electron chi connectivity index (χ3n) is 3.21. The number of carbonyl (C=O) groups is 2. The van der Waals surface area contributed by atoms with Crippen molar-refractivity contribution < 1.29 is 24.2 Å². The summed E-state index contributed by atoms with van der Waals surface area (Å²) in [5.74, 6) is -2.16. The van der Waals surface area contributed by atoms with Crippen molar-refractivity contribution >= 4 is 11.9 Å². The molecule has 102 valence electrons. The van der Waals surface area contributed by atoms with Crippen LogP contribution < -0.4 is 0 Å². The molecule has 5 heteroatoms. The van der Waals surface area contributed by atoms with Crippen molar-refractivity contribution in [2.45, 2.75) is 38.2 Å². The van der Waals surface area contributed by atoms with Gasteiger partial charge in [-0.15, -0.1) is 0 Å². The van der Waals surface area contributed by atoms with Crippen molar-refractivity contribution in [3.63, 3.8) is 0 Å². The van der Waals surface area contributed by atoms with Crippen LogP contribution in [0.1, 0.15) is 32.1 Å². The molecule has 1 N–H and O–H groups in total. The van der Waals surface area contributed by atoms with Gasteiger partial charge in [0.1, 0.15) is 0 Å². The number of hydrogen-bond donors (Lipinski definition) is 1. The molecule has 0 bridgehead atoms. The minimum absolute atomic E-state index is 0.214. The predicted octanol–water partition coefficient (Wildman–Crippen LogP) is 1.20. The molecule has 1 aliphatic carbocycles. The molecule has 1 aliphatic rings. The number of rotatable bonds is 4. The van der Waals surface area contributed by atoms with E-state index in [9.17, 15) is 14.7 Å². The maximum absolute atomic E-state index is 11.5. The fourth-order valence-electron chi connectivity index (χ4n) is 2.10. The first-order valence-electron chi connectivity index (χ1n) is 6.12. The van der Waals surface area contributed by atoms with E-state index in [2.05, 4.69) is 9.47 Å². The van der Waals surface area contributed by atoms with Gasteiger partial charge in [0.25, 0.3) is 0 Å². The summed E-state index contributed by atoms with van der Waals surface area (Å²) in [6.07, 6.45) is 5.13. The maximum atomic E-state index is 11.5. The number of allylic oxidation sites excluding steroid dienone is 1. The van der Waals surface area contributed by atoms with E-state index in [1.807, 2.05) is 0 Å². The number of hydrogen-bond acceptors (Lipinski definition) is 5. The molecule has 0 aromatic heterocycles. The van der Waals surface area contributed by atoms with Crippen LogP contribution in [0.15, 0.2) is 11.6 Å². The summed E-state index contributed by atoms with van der Waals surface area (Å²) in [4.78, 5) is 22.9. The standard InChI is InChI=1S/C13H20O5/c1-17-12(15)10(13(16)18-2)8-7-9-5-3-4-6-11(9)14/h7,10-11,14H,3-6,8H2,1-2H3/b9-7+. The molecule has 0 spiro atoms. The number of aliphatic hydroxyl groups is 1. The number of carbonyl (C=O) groups excluding carboxylic acids is 2. The van der Waals surface area contributed by atoms with Gasteiger partial charge in [0, 0.05) is 0 Å². The third kappa shape index (κ3) is 3.84. The van der Waals surface area contributed by atoms with Crippen LogP contribution in [-0.2, 0) is 19.1 Å². The van der Waals surface area contributed by atoms with Crippen LogP contribution in [0.2, 0.25) is 0 Å². The topological polar surface area (TPSA) is 72.8 Å². The Morgan fingerprint density at radius 1 is 1.33 bits per heavy atom. The molecule has 1 unspecified atom stereocenters. The Morgan fingerprint density at radius 2 is 1.94 bits per heavy atom. The van der Waals surface area contributed by atoms with Gasteiger partial charge in [-0.05, 0) is 31.3 Å². The van der Waals surface area contributed by atoms with E-state index in [4.69, 9.17) is 0 Å². The first-order valence-corrected chi connectivity index (χ1v) is 6.12. The second-order valence-electron chi connectivity index (χ2n) is 4.38. The van der Waals surface area contributed by atoms with Crippen molar-refractivity contribution in [1.29, 1.82) is 0 Å². The molecule has 1 fully saturated rings.